The van der Waals surface area contributed by atoms with Crippen LogP contribution in [0.25, 0.3) is 0 Å². The van der Waals surface area contributed by atoms with Crippen LogP contribution in [0.15, 0.2) is 18.2 Å². The third kappa shape index (κ3) is 5.23. The highest BCUT2D eigenvalue weighted by Crippen LogP contribution is 2.26. The second-order valence-electron chi connectivity index (χ2n) is 6.45. The summed E-state index contributed by atoms with van der Waals surface area (Å²) >= 11 is 0. The highest BCUT2D eigenvalue weighted by Gasteiger charge is 2.20. The van der Waals surface area contributed by atoms with E-state index in [2.05, 4.69) is 44.3 Å². The summed E-state index contributed by atoms with van der Waals surface area (Å²) in [4.78, 5) is 0. The van der Waals surface area contributed by atoms with Crippen molar-refractivity contribution in [1.29, 1.82) is 0 Å². The fraction of sp³-hybridized carbons (Fsp3) is 0.667. The van der Waals surface area contributed by atoms with Crippen LogP contribution >= 0.6 is 0 Å². The zero-order chi connectivity index (χ0) is 15.2. The van der Waals surface area contributed by atoms with E-state index in [4.69, 9.17) is 0 Å². The van der Waals surface area contributed by atoms with Crippen molar-refractivity contribution < 1.29 is 4.21 Å². The van der Waals surface area contributed by atoms with Gasteiger partial charge in [0.05, 0.1) is 0 Å². The molecule has 2 nitrogen and oxygen atoms in total. The molecule has 0 aliphatic heterocycles. The summed E-state index contributed by atoms with van der Waals surface area (Å²) in [5.41, 5.74) is 3.86. The minimum Gasteiger partial charge on any atom is -0.309 e. The molecule has 0 heterocycles. The molecule has 0 amide bonds. The summed E-state index contributed by atoms with van der Waals surface area (Å²) < 4.78 is 12.5. The third-order valence-corrected chi connectivity index (χ3v) is 5.89. The summed E-state index contributed by atoms with van der Waals surface area (Å²) in [5, 5.41) is 3.52. The minimum absolute atomic E-state index is 0.218. The van der Waals surface area contributed by atoms with Gasteiger partial charge in [-0.2, -0.15) is 0 Å². The van der Waals surface area contributed by atoms with Crippen molar-refractivity contribution in [3.8, 4) is 0 Å². The van der Waals surface area contributed by atoms with Crippen LogP contribution < -0.4 is 5.32 Å². The summed E-state index contributed by atoms with van der Waals surface area (Å²) in [6, 6.07) is 6.87. The van der Waals surface area contributed by atoms with Crippen LogP contribution in [-0.4, -0.2) is 22.3 Å². The fourth-order valence-electron chi connectivity index (χ4n) is 3.42. The van der Waals surface area contributed by atoms with Crippen LogP contribution in [0.1, 0.15) is 55.3 Å². The van der Waals surface area contributed by atoms with E-state index in [-0.39, 0.29) is 6.04 Å². The van der Waals surface area contributed by atoms with Gasteiger partial charge in [0.1, 0.15) is 0 Å². The van der Waals surface area contributed by atoms with Crippen LogP contribution in [0.5, 0.6) is 0 Å². The summed E-state index contributed by atoms with van der Waals surface area (Å²) in [7, 11) is -0.718. The lowest BCUT2D eigenvalue weighted by atomic mass is 10.0. The van der Waals surface area contributed by atoms with E-state index in [1.807, 2.05) is 0 Å². The third-order valence-electron chi connectivity index (χ3n) is 4.35. The fourth-order valence-corrected chi connectivity index (χ4v) is 5.10. The lowest BCUT2D eigenvalue weighted by Crippen LogP contribution is -2.27. The molecule has 1 N–H and O–H groups in total. The van der Waals surface area contributed by atoms with E-state index in [9.17, 15) is 4.21 Å². The molecule has 1 aliphatic carbocycles. The van der Waals surface area contributed by atoms with Crippen molar-refractivity contribution in [2.24, 2.45) is 5.92 Å². The molecular formula is C18H29NOS. The first kappa shape index (κ1) is 16.7. The molecule has 1 saturated carbocycles. The highest BCUT2D eigenvalue weighted by atomic mass is 32.2. The largest absolute Gasteiger partial charge is 0.309 e. The molecule has 1 aliphatic rings. The number of hydrogen-bond donors (Lipinski definition) is 1. The summed E-state index contributed by atoms with van der Waals surface area (Å²) in [6.45, 7) is 7.30. The van der Waals surface area contributed by atoms with Gasteiger partial charge in [-0.15, -0.1) is 0 Å². The van der Waals surface area contributed by atoms with Crippen LogP contribution in [0.4, 0.5) is 0 Å². The van der Waals surface area contributed by atoms with Gasteiger partial charge in [-0.05, 0) is 44.7 Å². The Hall–Kier alpha value is -0.670. The van der Waals surface area contributed by atoms with Crippen molar-refractivity contribution >= 4 is 10.8 Å². The average Bonchev–Trinajstić information content (AvgIpc) is 2.89. The molecule has 3 heteroatoms. The van der Waals surface area contributed by atoms with Gasteiger partial charge < -0.3 is 5.32 Å². The SMILES string of the molecule is CCNC(CS(=O)CC1CCCC1)c1cc(C)cc(C)c1. The highest BCUT2D eigenvalue weighted by molar-refractivity contribution is 7.85. The van der Waals surface area contributed by atoms with Gasteiger partial charge in [-0.25, -0.2) is 0 Å². The molecule has 0 aromatic heterocycles. The van der Waals surface area contributed by atoms with Crippen LogP contribution in [0.2, 0.25) is 0 Å². The minimum atomic E-state index is -0.718. The predicted octanol–water partition coefficient (Wildman–Crippen LogP) is 3.89. The summed E-state index contributed by atoms with van der Waals surface area (Å²) in [6.07, 6.45) is 5.22. The van der Waals surface area contributed by atoms with Crippen molar-refractivity contribution in [2.45, 2.75) is 52.5 Å². The Kier molecular flexibility index (Phi) is 6.43. The Morgan fingerprint density at radius 3 is 2.38 bits per heavy atom. The van der Waals surface area contributed by atoms with Crippen molar-refractivity contribution in [3.63, 3.8) is 0 Å². The van der Waals surface area contributed by atoms with Gasteiger partial charge in [0.25, 0.3) is 0 Å². The van der Waals surface area contributed by atoms with Crippen LogP contribution in [0, 0.1) is 19.8 Å². The second-order valence-corrected chi connectivity index (χ2v) is 8.00. The quantitative estimate of drug-likeness (QED) is 0.828. The zero-order valence-corrected chi connectivity index (χ0v) is 14.5. The molecule has 21 heavy (non-hydrogen) atoms. The Morgan fingerprint density at radius 2 is 1.81 bits per heavy atom. The first-order valence-electron chi connectivity index (χ1n) is 8.25. The van der Waals surface area contributed by atoms with E-state index in [1.165, 1.54) is 42.4 Å². The molecule has 0 saturated heterocycles. The summed E-state index contributed by atoms with van der Waals surface area (Å²) in [5.74, 6) is 2.34. The molecule has 2 atom stereocenters. The molecule has 0 spiro atoms. The second kappa shape index (κ2) is 8.09. The molecule has 2 rings (SSSR count). The first-order chi connectivity index (χ1) is 10.1. The normalized spacial score (nSPS) is 18.8. The number of benzene rings is 1. The molecular weight excluding hydrogens is 278 g/mol. The Morgan fingerprint density at radius 1 is 1.19 bits per heavy atom. The maximum absolute atomic E-state index is 12.5. The zero-order valence-electron chi connectivity index (χ0n) is 13.7. The lowest BCUT2D eigenvalue weighted by molar-refractivity contribution is 0.578. The maximum Gasteiger partial charge on any atom is 0.0436 e. The molecule has 1 fully saturated rings. The smallest absolute Gasteiger partial charge is 0.0436 e. The molecule has 2 unspecified atom stereocenters. The van der Waals surface area contributed by atoms with E-state index < -0.39 is 10.8 Å². The van der Waals surface area contributed by atoms with Crippen molar-refractivity contribution in [2.75, 3.05) is 18.1 Å². The van der Waals surface area contributed by atoms with Gasteiger partial charge in [0, 0.05) is 28.3 Å². The van der Waals surface area contributed by atoms with E-state index in [1.54, 1.807) is 0 Å². The van der Waals surface area contributed by atoms with Gasteiger partial charge in [0.2, 0.25) is 0 Å². The number of nitrogens with one attached hydrogen (secondary N) is 1. The monoisotopic (exact) mass is 307 g/mol. The molecule has 0 bridgehead atoms. The van der Waals surface area contributed by atoms with Crippen molar-refractivity contribution in [1.82, 2.24) is 5.32 Å². The lowest BCUT2D eigenvalue weighted by Gasteiger charge is -2.20. The first-order valence-corrected chi connectivity index (χ1v) is 9.74. The van der Waals surface area contributed by atoms with Gasteiger partial charge >= 0.3 is 0 Å². The van der Waals surface area contributed by atoms with Gasteiger partial charge in [-0.1, -0.05) is 49.1 Å². The average molecular weight is 308 g/mol. The molecule has 1 aromatic rings. The molecule has 0 radical (unpaired) electrons. The Bertz CT molecular complexity index is 460. The molecule has 118 valence electrons. The van der Waals surface area contributed by atoms with E-state index in [0.717, 1.165) is 18.1 Å². The number of hydrogen-bond acceptors (Lipinski definition) is 2. The predicted molar refractivity (Wildman–Crippen MR) is 92.2 cm³/mol. The maximum atomic E-state index is 12.5. The Balaban J connectivity index is 2.01. The van der Waals surface area contributed by atoms with Gasteiger partial charge in [-0.3, -0.25) is 4.21 Å². The van der Waals surface area contributed by atoms with Gasteiger partial charge in [0.15, 0.2) is 0 Å². The van der Waals surface area contributed by atoms with Crippen molar-refractivity contribution in [3.05, 3.63) is 34.9 Å². The standard InChI is InChI=1S/C18H29NOS/c1-4-19-18(17-10-14(2)9-15(3)11-17)13-21(20)12-16-7-5-6-8-16/h9-11,16,18-19H,4-8,12-13H2,1-3H3. The number of aryl methyl sites for hydroxylation is 2. The van der Waals surface area contributed by atoms with Crippen LogP contribution in [0.3, 0.4) is 0 Å². The van der Waals surface area contributed by atoms with E-state index in [0.29, 0.717) is 5.92 Å². The van der Waals surface area contributed by atoms with E-state index >= 15 is 0 Å². The topological polar surface area (TPSA) is 29.1 Å². The molecule has 1 aromatic carbocycles. The Labute approximate surface area is 132 Å². The number of rotatable bonds is 7. The van der Waals surface area contributed by atoms with Crippen LogP contribution in [-0.2, 0) is 10.8 Å².